The number of carbonyl (C=O) groups excluding carboxylic acids is 1. The van der Waals surface area contributed by atoms with E-state index in [1.165, 1.54) is 0 Å². The van der Waals surface area contributed by atoms with Crippen molar-refractivity contribution in [2.75, 3.05) is 26.8 Å². The summed E-state index contributed by atoms with van der Waals surface area (Å²) in [6.07, 6.45) is 0.985. The molecule has 1 heterocycles. The molecule has 0 aliphatic carbocycles. The number of methoxy groups -OCH3 is 1. The highest BCUT2D eigenvalue weighted by molar-refractivity contribution is 8.00. The van der Waals surface area contributed by atoms with Crippen molar-refractivity contribution in [3.63, 3.8) is 0 Å². The molecule has 116 valence electrons. The van der Waals surface area contributed by atoms with Gasteiger partial charge >= 0.3 is 12.0 Å². The number of thioether (sulfide) groups is 1. The van der Waals surface area contributed by atoms with E-state index in [-0.39, 0.29) is 6.03 Å². The van der Waals surface area contributed by atoms with E-state index in [9.17, 15) is 9.59 Å². The van der Waals surface area contributed by atoms with Gasteiger partial charge in [-0.1, -0.05) is 13.8 Å². The normalized spacial score (nSPS) is 24.2. The number of rotatable bonds is 6. The van der Waals surface area contributed by atoms with Gasteiger partial charge in [-0.25, -0.2) is 9.59 Å². The van der Waals surface area contributed by atoms with E-state index >= 15 is 0 Å². The lowest BCUT2D eigenvalue weighted by Crippen LogP contribution is -2.52. The molecule has 1 rings (SSSR count). The molecule has 1 aliphatic heterocycles. The lowest BCUT2D eigenvalue weighted by Gasteiger charge is -2.35. The van der Waals surface area contributed by atoms with Crippen molar-refractivity contribution in [2.24, 2.45) is 0 Å². The third kappa shape index (κ3) is 5.58. The Hall–Kier alpha value is -0.950. The molecule has 3 atom stereocenters. The molecule has 0 aromatic carbocycles. The van der Waals surface area contributed by atoms with E-state index in [1.807, 2.05) is 11.8 Å². The second kappa shape index (κ2) is 8.36. The van der Waals surface area contributed by atoms with E-state index < -0.39 is 12.0 Å². The van der Waals surface area contributed by atoms with Gasteiger partial charge in [-0.15, -0.1) is 0 Å². The number of nitrogens with zero attached hydrogens (tertiary/aromatic N) is 1. The number of carbonyl (C=O) groups is 2. The molecule has 7 heteroatoms. The van der Waals surface area contributed by atoms with Gasteiger partial charge in [0.25, 0.3) is 0 Å². The maximum atomic E-state index is 12.1. The summed E-state index contributed by atoms with van der Waals surface area (Å²) in [5.74, 6) is -0.998. The molecule has 2 amide bonds. The van der Waals surface area contributed by atoms with Gasteiger partial charge in [0, 0.05) is 37.3 Å². The molecular weight excluding hydrogens is 280 g/mol. The van der Waals surface area contributed by atoms with Crippen LogP contribution in [0.15, 0.2) is 0 Å². The topological polar surface area (TPSA) is 78.9 Å². The molecule has 0 aromatic rings. The van der Waals surface area contributed by atoms with E-state index in [2.05, 4.69) is 19.2 Å². The van der Waals surface area contributed by atoms with Gasteiger partial charge in [-0.2, -0.15) is 11.8 Å². The lowest BCUT2D eigenvalue weighted by molar-refractivity contribution is -0.139. The first kappa shape index (κ1) is 17.1. The summed E-state index contributed by atoms with van der Waals surface area (Å²) in [4.78, 5) is 25.0. The fraction of sp³-hybridized carbons (Fsp3) is 0.846. The van der Waals surface area contributed by atoms with Crippen molar-refractivity contribution in [1.29, 1.82) is 0 Å². The molecule has 0 radical (unpaired) electrons. The number of carboxylic acid groups (broad SMARTS) is 1. The van der Waals surface area contributed by atoms with Crippen LogP contribution in [0.2, 0.25) is 0 Å². The zero-order valence-electron chi connectivity index (χ0n) is 12.3. The van der Waals surface area contributed by atoms with Gasteiger partial charge in [-0.3, -0.25) is 0 Å². The summed E-state index contributed by atoms with van der Waals surface area (Å²) in [5, 5.41) is 12.5. The Morgan fingerprint density at radius 3 is 2.50 bits per heavy atom. The maximum Gasteiger partial charge on any atom is 0.326 e. The van der Waals surface area contributed by atoms with Crippen LogP contribution in [0.5, 0.6) is 0 Å². The van der Waals surface area contributed by atoms with E-state index in [0.29, 0.717) is 43.0 Å². The minimum absolute atomic E-state index is 0.284. The Labute approximate surface area is 124 Å². The van der Waals surface area contributed by atoms with E-state index in [4.69, 9.17) is 9.84 Å². The molecule has 6 nitrogen and oxygen atoms in total. The summed E-state index contributed by atoms with van der Waals surface area (Å²) >= 11 is 1.85. The van der Waals surface area contributed by atoms with Gasteiger partial charge in [-0.05, 0) is 12.8 Å². The Bertz CT molecular complexity index is 330. The van der Waals surface area contributed by atoms with Crippen molar-refractivity contribution in [3.8, 4) is 0 Å². The van der Waals surface area contributed by atoms with Crippen LogP contribution in [-0.2, 0) is 9.53 Å². The van der Waals surface area contributed by atoms with Crippen LogP contribution in [0.4, 0.5) is 4.79 Å². The first-order chi connectivity index (χ1) is 9.43. The summed E-state index contributed by atoms with van der Waals surface area (Å²) in [6, 6.07) is -1.13. The second-order valence-electron chi connectivity index (χ2n) is 5.14. The quantitative estimate of drug-likeness (QED) is 0.725. The number of nitrogens with one attached hydrogen (secondary N) is 1. The van der Waals surface area contributed by atoms with Gasteiger partial charge in [0.1, 0.15) is 6.04 Å². The summed E-state index contributed by atoms with van der Waals surface area (Å²) in [6.45, 7) is 5.96. The first-order valence-electron chi connectivity index (χ1n) is 6.86. The second-order valence-corrected chi connectivity index (χ2v) is 7.02. The van der Waals surface area contributed by atoms with E-state index in [1.54, 1.807) is 12.0 Å². The molecule has 0 saturated carbocycles. The Balaban J connectivity index is 2.50. The number of hydrogen-bond acceptors (Lipinski definition) is 4. The highest BCUT2D eigenvalue weighted by Gasteiger charge is 2.28. The van der Waals surface area contributed by atoms with Gasteiger partial charge < -0.3 is 20.1 Å². The largest absolute Gasteiger partial charge is 0.480 e. The average Bonchev–Trinajstić information content (AvgIpc) is 2.36. The van der Waals surface area contributed by atoms with Gasteiger partial charge in [0.15, 0.2) is 0 Å². The standard InChI is InChI=1S/C13H24N2O4S/c1-9-7-15(8-10(2)20-9)13(18)14-11(12(16)17)5-4-6-19-3/h9-11H,4-8H2,1-3H3,(H,14,18)(H,16,17). The maximum absolute atomic E-state index is 12.1. The summed E-state index contributed by atoms with van der Waals surface area (Å²) in [7, 11) is 1.57. The number of amides is 2. The predicted molar refractivity (Wildman–Crippen MR) is 79.2 cm³/mol. The summed E-state index contributed by atoms with van der Waals surface area (Å²) < 4.78 is 4.90. The van der Waals surface area contributed by atoms with Crippen LogP contribution < -0.4 is 5.32 Å². The van der Waals surface area contributed by atoms with Crippen molar-refractivity contribution < 1.29 is 19.4 Å². The average molecular weight is 304 g/mol. The predicted octanol–water partition coefficient (Wildman–Crippen LogP) is 1.40. The number of carboxylic acids is 1. The summed E-state index contributed by atoms with van der Waals surface area (Å²) in [5.41, 5.74) is 0. The van der Waals surface area contributed by atoms with Crippen LogP contribution in [0.1, 0.15) is 26.7 Å². The molecule has 2 N–H and O–H groups in total. The molecule has 1 aliphatic rings. The highest BCUT2D eigenvalue weighted by Crippen LogP contribution is 2.24. The van der Waals surface area contributed by atoms with Crippen molar-refractivity contribution in [1.82, 2.24) is 10.2 Å². The van der Waals surface area contributed by atoms with Crippen molar-refractivity contribution in [3.05, 3.63) is 0 Å². The lowest BCUT2D eigenvalue weighted by atomic mass is 10.1. The molecular formula is C13H24N2O4S. The monoisotopic (exact) mass is 304 g/mol. The van der Waals surface area contributed by atoms with Crippen molar-refractivity contribution in [2.45, 2.75) is 43.2 Å². The Kier molecular flexibility index (Phi) is 7.15. The molecule has 0 aromatic heterocycles. The molecule has 0 bridgehead atoms. The zero-order chi connectivity index (χ0) is 15.1. The van der Waals surface area contributed by atoms with Crippen molar-refractivity contribution >= 4 is 23.8 Å². The third-order valence-corrected chi connectivity index (χ3v) is 4.37. The SMILES string of the molecule is COCCCC(NC(=O)N1CC(C)SC(C)C1)C(=O)O. The number of ether oxygens (including phenoxy) is 1. The molecule has 3 unspecified atom stereocenters. The van der Waals surface area contributed by atoms with Gasteiger partial charge in [0.05, 0.1) is 0 Å². The minimum atomic E-state index is -0.998. The number of aliphatic carboxylic acids is 1. The van der Waals surface area contributed by atoms with Gasteiger partial charge in [0.2, 0.25) is 0 Å². The first-order valence-corrected chi connectivity index (χ1v) is 7.81. The van der Waals surface area contributed by atoms with Crippen LogP contribution >= 0.6 is 11.8 Å². The van der Waals surface area contributed by atoms with Crippen LogP contribution in [0, 0.1) is 0 Å². The molecule has 20 heavy (non-hydrogen) atoms. The van der Waals surface area contributed by atoms with Crippen LogP contribution in [0.25, 0.3) is 0 Å². The fourth-order valence-electron chi connectivity index (χ4n) is 2.27. The van der Waals surface area contributed by atoms with E-state index in [0.717, 1.165) is 0 Å². The zero-order valence-corrected chi connectivity index (χ0v) is 13.1. The fourth-order valence-corrected chi connectivity index (χ4v) is 3.60. The Morgan fingerprint density at radius 2 is 2.00 bits per heavy atom. The molecule has 0 spiro atoms. The minimum Gasteiger partial charge on any atom is -0.480 e. The third-order valence-electron chi connectivity index (χ3n) is 3.14. The molecule has 1 saturated heterocycles. The molecule has 1 fully saturated rings. The number of hydrogen-bond donors (Lipinski definition) is 2. The Morgan fingerprint density at radius 1 is 1.40 bits per heavy atom. The number of urea groups is 1. The smallest absolute Gasteiger partial charge is 0.326 e. The highest BCUT2D eigenvalue weighted by atomic mass is 32.2. The van der Waals surface area contributed by atoms with Crippen LogP contribution in [0.3, 0.4) is 0 Å². The van der Waals surface area contributed by atoms with Crippen LogP contribution in [-0.4, -0.2) is 65.4 Å².